The summed E-state index contributed by atoms with van der Waals surface area (Å²) in [7, 11) is 0. The zero-order chi connectivity index (χ0) is 10.3. The molecule has 2 N–H and O–H groups in total. The Balaban J connectivity index is 3.26. The topological polar surface area (TPSA) is 61.5 Å². The number of carbonyl (C=O) groups is 1. The van der Waals surface area contributed by atoms with E-state index in [9.17, 15) is 4.79 Å². The fourth-order valence-corrected chi connectivity index (χ4v) is 0.616. The van der Waals surface area contributed by atoms with Crippen LogP contribution < -0.4 is 5.73 Å². The molecule has 0 fully saturated rings. The minimum atomic E-state index is -0.360. The van der Waals surface area contributed by atoms with Crippen molar-refractivity contribution >= 4 is 5.97 Å². The average molecular weight is 187 g/mol. The van der Waals surface area contributed by atoms with Crippen LogP contribution in [-0.4, -0.2) is 25.4 Å². The first kappa shape index (κ1) is 12.1. The van der Waals surface area contributed by atoms with Crippen LogP contribution in [0.5, 0.6) is 0 Å². The summed E-state index contributed by atoms with van der Waals surface area (Å²) < 4.78 is 9.87. The van der Waals surface area contributed by atoms with E-state index < -0.39 is 0 Å². The maximum absolute atomic E-state index is 10.9. The second-order valence-corrected chi connectivity index (χ2v) is 2.85. The van der Waals surface area contributed by atoms with Gasteiger partial charge < -0.3 is 15.2 Å². The van der Waals surface area contributed by atoms with E-state index in [1.165, 1.54) is 0 Å². The van der Waals surface area contributed by atoms with Gasteiger partial charge in [-0.1, -0.05) is 6.58 Å². The first-order valence-corrected chi connectivity index (χ1v) is 4.24. The highest BCUT2D eigenvalue weighted by Gasteiger charge is 2.01. The van der Waals surface area contributed by atoms with Crippen molar-refractivity contribution in [2.24, 2.45) is 5.73 Å². The predicted octanol–water partition coefficient (Wildman–Crippen LogP) is 0.817. The molecule has 4 heteroatoms. The molecule has 0 rings (SSSR count). The van der Waals surface area contributed by atoms with Crippen molar-refractivity contribution in [3.8, 4) is 0 Å². The van der Waals surface area contributed by atoms with Crippen molar-refractivity contribution in [1.82, 2.24) is 0 Å². The minimum Gasteiger partial charge on any atom is -0.462 e. The smallest absolute Gasteiger partial charge is 0.333 e. The molecule has 0 amide bonds. The normalized spacial score (nSPS) is 12.2. The molecule has 0 aliphatic carbocycles. The van der Waals surface area contributed by atoms with Crippen LogP contribution in [0.15, 0.2) is 12.2 Å². The first-order chi connectivity index (χ1) is 6.04. The Hall–Kier alpha value is -0.870. The van der Waals surface area contributed by atoms with Crippen molar-refractivity contribution in [3.63, 3.8) is 0 Å². The Labute approximate surface area is 78.7 Å². The zero-order valence-electron chi connectivity index (χ0n) is 8.21. The van der Waals surface area contributed by atoms with Crippen LogP contribution in [0, 0.1) is 0 Å². The third-order valence-corrected chi connectivity index (χ3v) is 1.25. The molecule has 0 saturated carbocycles. The van der Waals surface area contributed by atoms with Crippen molar-refractivity contribution in [2.75, 3.05) is 13.2 Å². The number of ether oxygens (including phenoxy) is 2. The second-order valence-electron chi connectivity index (χ2n) is 2.85. The molecule has 0 aromatic rings. The molecule has 0 aromatic heterocycles. The summed E-state index contributed by atoms with van der Waals surface area (Å²) in [5, 5.41) is 0. The maximum Gasteiger partial charge on any atom is 0.333 e. The molecule has 76 valence electrons. The van der Waals surface area contributed by atoms with Gasteiger partial charge in [0.1, 0.15) is 6.23 Å². The Morgan fingerprint density at radius 3 is 2.62 bits per heavy atom. The molecule has 0 aromatic carbocycles. The van der Waals surface area contributed by atoms with Crippen molar-refractivity contribution in [2.45, 2.75) is 26.5 Å². The van der Waals surface area contributed by atoms with E-state index in [1.54, 1.807) is 13.8 Å². The van der Waals surface area contributed by atoms with E-state index in [1.807, 2.05) is 0 Å². The lowest BCUT2D eigenvalue weighted by atomic mass is 10.4. The molecule has 0 aliphatic heterocycles. The fourth-order valence-electron chi connectivity index (χ4n) is 0.616. The first-order valence-electron chi connectivity index (χ1n) is 4.24. The lowest BCUT2D eigenvalue weighted by Gasteiger charge is -2.07. The van der Waals surface area contributed by atoms with E-state index in [-0.39, 0.29) is 12.2 Å². The Bertz CT molecular complexity index is 178. The van der Waals surface area contributed by atoms with Crippen LogP contribution in [0.25, 0.3) is 0 Å². The van der Waals surface area contributed by atoms with Gasteiger partial charge in [-0.25, -0.2) is 4.79 Å². The van der Waals surface area contributed by atoms with Gasteiger partial charge in [-0.15, -0.1) is 0 Å². The van der Waals surface area contributed by atoms with E-state index >= 15 is 0 Å². The van der Waals surface area contributed by atoms with Crippen LogP contribution in [0.3, 0.4) is 0 Å². The molecule has 1 atom stereocenters. The number of hydrogen-bond donors (Lipinski definition) is 1. The lowest BCUT2D eigenvalue weighted by Crippen LogP contribution is -2.20. The van der Waals surface area contributed by atoms with Crippen LogP contribution in [0.2, 0.25) is 0 Å². The van der Waals surface area contributed by atoms with E-state index in [2.05, 4.69) is 6.58 Å². The van der Waals surface area contributed by atoms with Gasteiger partial charge in [0.25, 0.3) is 0 Å². The van der Waals surface area contributed by atoms with E-state index in [0.717, 1.165) is 0 Å². The SMILES string of the molecule is C=C(C)C(=O)OCCCOC(C)N. The number of esters is 1. The van der Waals surface area contributed by atoms with Crippen LogP contribution in [0.1, 0.15) is 20.3 Å². The zero-order valence-corrected chi connectivity index (χ0v) is 8.21. The van der Waals surface area contributed by atoms with Crippen molar-refractivity contribution in [1.29, 1.82) is 0 Å². The highest BCUT2D eigenvalue weighted by molar-refractivity contribution is 5.86. The van der Waals surface area contributed by atoms with Crippen LogP contribution >= 0.6 is 0 Å². The molecular weight excluding hydrogens is 170 g/mol. The average Bonchev–Trinajstić information content (AvgIpc) is 2.02. The van der Waals surface area contributed by atoms with Gasteiger partial charge in [-0.3, -0.25) is 0 Å². The quantitative estimate of drug-likeness (QED) is 0.289. The van der Waals surface area contributed by atoms with Gasteiger partial charge in [0.05, 0.1) is 13.2 Å². The van der Waals surface area contributed by atoms with E-state index in [0.29, 0.717) is 25.2 Å². The minimum absolute atomic E-state index is 0.267. The number of hydrogen-bond acceptors (Lipinski definition) is 4. The summed E-state index contributed by atoms with van der Waals surface area (Å²) in [6.45, 7) is 7.66. The molecule has 1 unspecified atom stereocenters. The summed E-state index contributed by atoms with van der Waals surface area (Å²) in [5.41, 5.74) is 5.75. The molecule has 0 spiro atoms. The van der Waals surface area contributed by atoms with Gasteiger partial charge in [0, 0.05) is 12.0 Å². The van der Waals surface area contributed by atoms with E-state index in [4.69, 9.17) is 15.2 Å². The summed E-state index contributed by atoms with van der Waals surface area (Å²) in [6.07, 6.45) is 0.387. The summed E-state index contributed by atoms with van der Waals surface area (Å²) in [6, 6.07) is 0. The molecule has 0 aliphatic rings. The maximum atomic E-state index is 10.9. The van der Waals surface area contributed by atoms with Crippen LogP contribution in [0.4, 0.5) is 0 Å². The number of rotatable bonds is 6. The van der Waals surface area contributed by atoms with Gasteiger partial charge in [-0.05, 0) is 13.8 Å². The lowest BCUT2D eigenvalue weighted by molar-refractivity contribution is -0.139. The Morgan fingerprint density at radius 2 is 2.15 bits per heavy atom. The molecular formula is C9H17NO3. The highest BCUT2D eigenvalue weighted by atomic mass is 16.5. The van der Waals surface area contributed by atoms with Gasteiger partial charge in [0.15, 0.2) is 0 Å². The Kier molecular flexibility index (Phi) is 6.18. The molecule has 13 heavy (non-hydrogen) atoms. The standard InChI is InChI=1S/C9H17NO3/c1-7(2)9(11)13-6-4-5-12-8(3)10/h8H,1,4-6,10H2,2-3H3. The summed E-state index contributed by atoms with van der Waals surface area (Å²) >= 11 is 0. The monoisotopic (exact) mass is 187 g/mol. The van der Waals surface area contributed by atoms with Crippen molar-refractivity contribution in [3.05, 3.63) is 12.2 Å². The summed E-state index contributed by atoms with van der Waals surface area (Å²) in [4.78, 5) is 10.9. The largest absolute Gasteiger partial charge is 0.462 e. The molecule has 0 saturated heterocycles. The third kappa shape index (κ3) is 7.49. The molecule has 4 nitrogen and oxygen atoms in total. The van der Waals surface area contributed by atoms with Gasteiger partial charge >= 0.3 is 5.97 Å². The molecule has 0 bridgehead atoms. The molecule has 0 heterocycles. The van der Waals surface area contributed by atoms with Crippen molar-refractivity contribution < 1.29 is 14.3 Å². The molecule has 0 radical (unpaired) electrons. The van der Waals surface area contributed by atoms with Gasteiger partial charge in [-0.2, -0.15) is 0 Å². The third-order valence-electron chi connectivity index (χ3n) is 1.25. The van der Waals surface area contributed by atoms with Gasteiger partial charge in [0.2, 0.25) is 0 Å². The predicted molar refractivity (Wildman–Crippen MR) is 50.0 cm³/mol. The second kappa shape index (κ2) is 6.62. The van der Waals surface area contributed by atoms with Crippen LogP contribution in [-0.2, 0) is 14.3 Å². The highest BCUT2D eigenvalue weighted by Crippen LogP contribution is 1.94. The number of nitrogens with two attached hydrogens (primary N) is 1. The number of carbonyl (C=O) groups excluding carboxylic acids is 1. The fraction of sp³-hybridized carbons (Fsp3) is 0.667. The summed E-state index contributed by atoms with van der Waals surface area (Å²) in [5.74, 6) is -0.360. The Morgan fingerprint density at radius 1 is 1.54 bits per heavy atom.